The van der Waals surface area contributed by atoms with E-state index in [1.165, 1.54) is 19.6 Å². The molecule has 178 valence electrons. The van der Waals surface area contributed by atoms with Crippen LogP contribution in [-0.2, 0) is 6.54 Å². The first kappa shape index (κ1) is 23.4. The number of nitrogens with zero attached hydrogens (tertiary/aromatic N) is 4. The summed E-state index contributed by atoms with van der Waals surface area (Å²) >= 11 is 0. The van der Waals surface area contributed by atoms with Crippen molar-refractivity contribution >= 4 is 11.4 Å². The molecule has 2 aromatic rings. The Balaban J connectivity index is 1.57. The Morgan fingerprint density at radius 2 is 2.00 bits per heavy atom. The highest BCUT2D eigenvalue weighted by Gasteiger charge is 2.33. The molecule has 0 aromatic heterocycles. The summed E-state index contributed by atoms with van der Waals surface area (Å²) in [6, 6.07) is 12.6. The van der Waals surface area contributed by atoms with Gasteiger partial charge in [-0.15, -0.1) is 0 Å². The van der Waals surface area contributed by atoms with E-state index >= 15 is 0 Å². The van der Waals surface area contributed by atoms with Gasteiger partial charge in [0, 0.05) is 42.5 Å². The summed E-state index contributed by atoms with van der Waals surface area (Å²) in [6.45, 7) is 6.04. The zero-order chi connectivity index (χ0) is 23.4. The zero-order valence-electron chi connectivity index (χ0n) is 19.2. The lowest BCUT2D eigenvalue weighted by Crippen LogP contribution is -2.60. The van der Waals surface area contributed by atoms with Crippen LogP contribution in [0.15, 0.2) is 42.5 Å². The highest BCUT2D eigenvalue weighted by molar-refractivity contribution is 5.50. The van der Waals surface area contributed by atoms with E-state index in [0.717, 1.165) is 37.3 Å². The lowest BCUT2D eigenvalue weighted by atomic mass is 10.0. The van der Waals surface area contributed by atoms with Crippen LogP contribution in [0.5, 0.6) is 5.75 Å². The van der Waals surface area contributed by atoms with Crippen molar-refractivity contribution in [1.29, 1.82) is 0 Å². The van der Waals surface area contributed by atoms with Gasteiger partial charge in [-0.3, -0.25) is 19.9 Å². The van der Waals surface area contributed by atoms with E-state index in [0.29, 0.717) is 32.0 Å². The Morgan fingerprint density at radius 1 is 1.21 bits per heavy atom. The summed E-state index contributed by atoms with van der Waals surface area (Å²) < 4.78 is 19.6. The third-order valence-corrected chi connectivity index (χ3v) is 6.61. The molecule has 9 heteroatoms. The van der Waals surface area contributed by atoms with Crippen LogP contribution in [0.1, 0.15) is 31.7 Å². The summed E-state index contributed by atoms with van der Waals surface area (Å²) in [5, 5.41) is 14.6. The average molecular weight is 458 g/mol. The second-order valence-electron chi connectivity index (χ2n) is 8.80. The van der Waals surface area contributed by atoms with Crippen molar-refractivity contribution in [2.24, 2.45) is 0 Å². The van der Waals surface area contributed by atoms with Crippen LogP contribution in [0, 0.1) is 15.9 Å². The summed E-state index contributed by atoms with van der Waals surface area (Å²) in [7, 11) is 1.47. The zero-order valence-corrected chi connectivity index (χ0v) is 19.2. The number of hydrogen-bond donors (Lipinski definition) is 1. The molecular formula is C24H32FN5O3. The normalized spacial score (nSPS) is 20.7. The van der Waals surface area contributed by atoms with Gasteiger partial charge in [-0.25, -0.2) is 4.39 Å². The maximum absolute atomic E-state index is 14.5. The molecule has 0 spiro atoms. The second-order valence-corrected chi connectivity index (χ2v) is 8.80. The molecule has 2 atom stereocenters. The number of nitro groups is 1. The van der Waals surface area contributed by atoms with Crippen molar-refractivity contribution < 1.29 is 14.1 Å². The largest absolute Gasteiger partial charge is 0.494 e. The fraction of sp³-hybridized carbons (Fsp3) is 0.500. The van der Waals surface area contributed by atoms with Gasteiger partial charge in [-0.05, 0) is 43.5 Å². The number of anilines is 1. The highest BCUT2D eigenvalue weighted by Crippen LogP contribution is 2.28. The first-order chi connectivity index (χ1) is 16.0. The van der Waals surface area contributed by atoms with Crippen molar-refractivity contribution in [1.82, 2.24) is 15.1 Å². The van der Waals surface area contributed by atoms with Crippen LogP contribution in [0.2, 0.25) is 0 Å². The Labute approximate surface area is 194 Å². The number of rotatable bonds is 8. The van der Waals surface area contributed by atoms with Crippen molar-refractivity contribution in [2.75, 3.05) is 38.6 Å². The van der Waals surface area contributed by atoms with Gasteiger partial charge in [0.15, 0.2) is 11.6 Å². The molecule has 0 saturated carbocycles. The molecule has 2 aromatic carbocycles. The predicted octanol–water partition coefficient (Wildman–Crippen LogP) is 3.77. The number of benzene rings is 2. The lowest BCUT2D eigenvalue weighted by Gasteiger charge is -2.47. The van der Waals surface area contributed by atoms with E-state index in [1.54, 1.807) is 18.2 Å². The van der Waals surface area contributed by atoms with Crippen LogP contribution in [-0.4, -0.2) is 60.5 Å². The van der Waals surface area contributed by atoms with Gasteiger partial charge in [-0.1, -0.05) is 19.1 Å². The summed E-state index contributed by atoms with van der Waals surface area (Å²) in [5.41, 5.74) is 1.91. The summed E-state index contributed by atoms with van der Waals surface area (Å²) in [4.78, 5) is 17.5. The first-order valence-electron chi connectivity index (χ1n) is 11.5. The lowest BCUT2D eigenvalue weighted by molar-refractivity contribution is -0.384. The van der Waals surface area contributed by atoms with E-state index in [9.17, 15) is 14.5 Å². The molecule has 2 saturated heterocycles. The quantitative estimate of drug-likeness (QED) is 0.478. The van der Waals surface area contributed by atoms with Gasteiger partial charge < -0.3 is 15.0 Å². The molecule has 2 heterocycles. The van der Waals surface area contributed by atoms with Crippen molar-refractivity contribution in [2.45, 2.75) is 44.8 Å². The number of non-ortho nitro benzene ring substituents is 1. The number of ether oxygens (including phenoxy) is 1. The molecule has 8 nitrogen and oxygen atoms in total. The van der Waals surface area contributed by atoms with E-state index in [2.05, 4.69) is 26.9 Å². The highest BCUT2D eigenvalue weighted by atomic mass is 19.1. The second kappa shape index (κ2) is 10.5. The van der Waals surface area contributed by atoms with Crippen molar-refractivity contribution in [3.05, 3.63) is 64.0 Å². The summed E-state index contributed by atoms with van der Waals surface area (Å²) in [6.07, 6.45) is 3.37. The monoisotopic (exact) mass is 457 g/mol. The van der Waals surface area contributed by atoms with Gasteiger partial charge in [0.05, 0.1) is 32.0 Å². The van der Waals surface area contributed by atoms with Crippen molar-refractivity contribution in [3.8, 4) is 5.75 Å². The minimum atomic E-state index is -0.382. The molecule has 0 bridgehead atoms. The minimum Gasteiger partial charge on any atom is -0.494 e. The number of methoxy groups -OCH3 is 1. The number of halogens is 1. The van der Waals surface area contributed by atoms with Gasteiger partial charge in [0.1, 0.15) is 0 Å². The predicted molar refractivity (Wildman–Crippen MR) is 126 cm³/mol. The van der Waals surface area contributed by atoms with Gasteiger partial charge in [0.2, 0.25) is 0 Å². The molecule has 4 rings (SSSR count). The van der Waals surface area contributed by atoms with Gasteiger partial charge in [-0.2, -0.15) is 0 Å². The van der Waals surface area contributed by atoms with Crippen LogP contribution in [0.4, 0.5) is 15.8 Å². The first-order valence-corrected chi connectivity index (χ1v) is 11.5. The maximum Gasteiger partial charge on any atom is 0.269 e. The van der Waals surface area contributed by atoms with Gasteiger partial charge in [0.25, 0.3) is 5.69 Å². The molecular weight excluding hydrogens is 425 g/mol. The maximum atomic E-state index is 14.5. The third kappa shape index (κ3) is 5.43. The number of nitrogens with one attached hydrogen (secondary N) is 1. The van der Waals surface area contributed by atoms with E-state index in [-0.39, 0.29) is 22.2 Å². The average Bonchev–Trinajstić information content (AvgIpc) is 3.34. The topological polar surface area (TPSA) is 74.1 Å². The molecule has 2 unspecified atom stereocenters. The fourth-order valence-electron chi connectivity index (χ4n) is 5.00. The molecule has 0 radical (unpaired) electrons. The molecule has 2 aliphatic heterocycles. The summed E-state index contributed by atoms with van der Waals surface area (Å²) in [5.74, 6) is -0.143. The molecule has 1 N–H and O–H groups in total. The molecule has 2 fully saturated rings. The fourth-order valence-corrected chi connectivity index (χ4v) is 5.00. The van der Waals surface area contributed by atoms with E-state index in [4.69, 9.17) is 4.74 Å². The van der Waals surface area contributed by atoms with E-state index in [1.807, 2.05) is 18.2 Å². The standard InChI is InChI=1S/C24H32FN5O3/c1-3-23(22-5-4-12-26-22)29-16-27(14-18-6-8-19(9-7-18)30(31)32)15-28(17-29)20-10-11-24(33-2)21(25)13-20/h6-11,13,22-23,26H,3-5,12,14-17H2,1-2H3. The molecule has 2 aliphatic rings. The number of nitro benzene ring substituents is 1. The molecule has 0 aliphatic carbocycles. The van der Waals surface area contributed by atoms with Gasteiger partial charge >= 0.3 is 0 Å². The van der Waals surface area contributed by atoms with Crippen LogP contribution in [0.3, 0.4) is 0 Å². The minimum absolute atomic E-state index is 0.0905. The third-order valence-electron chi connectivity index (χ3n) is 6.61. The van der Waals surface area contributed by atoms with E-state index < -0.39 is 0 Å². The Bertz CT molecular complexity index is 952. The number of hydrogen-bond acceptors (Lipinski definition) is 7. The smallest absolute Gasteiger partial charge is 0.269 e. The Hall–Kier alpha value is -2.75. The van der Waals surface area contributed by atoms with Crippen LogP contribution in [0.25, 0.3) is 0 Å². The molecule has 0 amide bonds. The van der Waals surface area contributed by atoms with Crippen molar-refractivity contribution in [3.63, 3.8) is 0 Å². The van der Waals surface area contributed by atoms with Crippen LogP contribution < -0.4 is 15.0 Å². The Kier molecular flexibility index (Phi) is 7.42. The van der Waals surface area contributed by atoms with Crippen LogP contribution >= 0.6 is 0 Å². The molecule has 33 heavy (non-hydrogen) atoms. The Morgan fingerprint density at radius 3 is 2.61 bits per heavy atom. The SMILES string of the molecule is CCC(C1CCCN1)N1CN(Cc2ccc([N+](=O)[O-])cc2)CN(c2ccc(OC)c(F)c2)C1.